The van der Waals surface area contributed by atoms with Gasteiger partial charge in [0.25, 0.3) is 0 Å². The number of halogens is 1. The largest absolute Gasteiger partial charge is 0.378 e. The fourth-order valence-electron chi connectivity index (χ4n) is 3.65. The van der Waals surface area contributed by atoms with Crippen LogP contribution in [0.5, 0.6) is 0 Å². The predicted octanol–water partition coefficient (Wildman–Crippen LogP) is 5.44. The molecule has 0 spiro atoms. The normalized spacial score (nSPS) is 13.5. The van der Waals surface area contributed by atoms with Crippen LogP contribution in [-0.4, -0.2) is 65.5 Å². The second-order valence-electron chi connectivity index (χ2n) is 8.00. The molecule has 0 amide bonds. The summed E-state index contributed by atoms with van der Waals surface area (Å²) in [6, 6.07) is 10.2. The summed E-state index contributed by atoms with van der Waals surface area (Å²) >= 11 is 6.30. The number of ether oxygens (including phenoxy) is 2. The van der Waals surface area contributed by atoms with Gasteiger partial charge in [-0.3, -0.25) is 0 Å². The van der Waals surface area contributed by atoms with Crippen LogP contribution >= 0.6 is 20.0 Å². The molecule has 0 bridgehead atoms. The van der Waals surface area contributed by atoms with Gasteiger partial charge >= 0.3 is 0 Å². The van der Waals surface area contributed by atoms with Crippen LogP contribution in [0.25, 0.3) is 11.0 Å². The average Bonchev–Trinajstić information content (AvgIpc) is 3.26. The summed E-state index contributed by atoms with van der Waals surface area (Å²) in [5.74, 6) is 0.721. The molecule has 3 rings (SSSR count). The number of nitrogens with zero attached hydrogens (tertiary/aromatic N) is 5. The minimum atomic E-state index is -0.897. The summed E-state index contributed by atoms with van der Waals surface area (Å²) in [5.41, 5.74) is 1.80. The van der Waals surface area contributed by atoms with Crippen LogP contribution < -0.4 is 4.90 Å². The van der Waals surface area contributed by atoms with Crippen molar-refractivity contribution < 1.29 is 18.5 Å². The Balaban J connectivity index is 1.61. The topological polar surface area (TPSA) is 83.8 Å². The molecule has 0 saturated heterocycles. The van der Waals surface area contributed by atoms with Crippen LogP contribution in [0.4, 0.5) is 5.82 Å². The Morgan fingerprint density at radius 1 is 1.09 bits per heavy atom. The van der Waals surface area contributed by atoms with Gasteiger partial charge in [-0.15, -0.1) is 0 Å². The van der Waals surface area contributed by atoms with E-state index in [1.165, 1.54) is 5.56 Å². The Hall–Kier alpha value is -1.87. The molecule has 0 N–H and O–H groups in total. The van der Waals surface area contributed by atoms with Crippen molar-refractivity contribution in [3.63, 3.8) is 0 Å². The van der Waals surface area contributed by atoms with Crippen molar-refractivity contribution in [2.75, 3.05) is 44.5 Å². The van der Waals surface area contributed by atoms with Crippen molar-refractivity contribution >= 4 is 36.8 Å². The lowest BCUT2D eigenvalue weighted by Gasteiger charge is -2.21. The number of anilines is 1. The highest BCUT2D eigenvalue weighted by atomic mass is 35.5. The van der Waals surface area contributed by atoms with Crippen molar-refractivity contribution in [2.45, 2.75) is 46.6 Å². The summed E-state index contributed by atoms with van der Waals surface area (Å²) in [6.45, 7) is 10.8. The molecule has 1 aromatic carbocycles. The van der Waals surface area contributed by atoms with Gasteiger partial charge in [-0.1, -0.05) is 30.3 Å². The van der Waals surface area contributed by atoms with Crippen molar-refractivity contribution in [2.24, 2.45) is 0 Å². The Kier molecular flexibility index (Phi) is 11.1. The maximum absolute atomic E-state index is 6.30. The third kappa shape index (κ3) is 8.07. The summed E-state index contributed by atoms with van der Waals surface area (Å²) in [5, 5.41) is 5.51. The molecule has 2 atom stereocenters. The highest BCUT2D eigenvalue weighted by molar-refractivity contribution is 7.47. The van der Waals surface area contributed by atoms with E-state index in [-0.39, 0.29) is 17.6 Å². The second-order valence-corrected chi connectivity index (χ2v) is 9.96. The fraction of sp³-hybridized carbons (Fsp3) is 0.542. The van der Waals surface area contributed by atoms with Gasteiger partial charge in [-0.05, 0) is 44.9 Å². The molecule has 2 aromatic heterocycles. The number of aromatic nitrogens is 4. The molecule has 0 aliphatic heterocycles. The van der Waals surface area contributed by atoms with Gasteiger partial charge in [0.1, 0.15) is 12.0 Å². The average molecular weight is 524 g/mol. The van der Waals surface area contributed by atoms with Crippen LogP contribution in [-0.2, 0) is 25.1 Å². The van der Waals surface area contributed by atoms with Crippen LogP contribution in [0, 0.1) is 0 Å². The Morgan fingerprint density at radius 3 is 2.49 bits per heavy atom. The minimum absolute atomic E-state index is 0.146. The molecular weight excluding hydrogens is 489 g/mol. The van der Waals surface area contributed by atoms with Gasteiger partial charge in [0, 0.05) is 19.8 Å². The first kappa shape index (κ1) is 27.7. The van der Waals surface area contributed by atoms with Gasteiger partial charge < -0.3 is 23.4 Å². The molecule has 9 nitrogen and oxygen atoms in total. The summed E-state index contributed by atoms with van der Waals surface area (Å²) in [6.07, 6.45) is 1.98. The van der Waals surface area contributed by atoms with Crippen LogP contribution in [0.15, 0.2) is 36.5 Å². The Bertz CT molecular complexity index is 1040. The quantitative estimate of drug-likeness (QED) is 0.148. The van der Waals surface area contributed by atoms with Crippen LogP contribution in [0.3, 0.4) is 0 Å². The molecule has 0 aliphatic rings. The van der Waals surface area contributed by atoms with Crippen molar-refractivity contribution in [1.29, 1.82) is 0 Å². The molecular formula is C24H35ClN5O4P. The van der Waals surface area contributed by atoms with Crippen molar-refractivity contribution in [3.8, 4) is 0 Å². The van der Waals surface area contributed by atoms with E-state index >= 15 is 0 Å². The zero-order valence-corrected chi connectivity index (χ0v) is 22.7. The molecule has 35 heavy (non-hydrogen) atoms. The number of fused-ring (bicyclic) bond motifs is 1. The van der Waals surface area contributed by atoms with Gasteiger partial charge in [-0.25, -0.2) is 4.68 Å². The summed E-state index contributed by atoms with van der Waals surface area (Å²) < 4.78 is 24.9. The zero-order valence-electron chi connectivity index (χ0n) is 21.1. The predicted molar refractivity (Wildman–Crippen MR) is 140 cm³/mol. The van der Waals surface area contributed by atoms with E-state index in [1.807, 2.05) is 57.8 Å². The lowest BCUT2D eigenvalue weighted by atomic mass is 10.2. The molecule has 3 aromatic rings. The molecule has 2 heterocycles. The van der Waals surface area contributed by atoms with Gasteiger partial charge in [0.2, 0.25) is 5.28 Å². The molecule has 0 radical (unpaired) electrons. The van der Waals surface area contributed by atoms with Crippen LogP contribution in [0.2, 0.25) is 5.28 Å². The standard InChI is InChI=1S/C24H35ClN5O4P/c1-6-32-35(33-7-2)14-13-31-17-18(3)34-19(4)30-23-21(15-26-30)22(27-24(25)28-23)29(5)16-20-11-9-8-10-12-20/h8-12,15,18-19H,6-7,13-14,16-17H2,1-5H3. The molecule has 0 fully saturated rings. The van der Waals surface area contributed by atoms with Gasteiger partial charge in [0.15, 0.2) is 14.0 Å². The lowest BCUT2D eigenvalue weighted by Crippen LogP contribution is -2.23. The molecule has 192 valence electrons. The SMILES string of the molecule is CCOP(CCOCC(C)OC(C)n1ncc2c(N(C)Cc3ccccc3)nc(Cl)nc21)OCC. The molecule has 0 aliphatic carbocycles. The van der Waals surface area contributed by atoms with Crippen molar-refractivity contribution in [1.82, 2.24) is 19.7 Å². The van der Waals surface area contributed by atoms with E-state index in [2.05, 4.69) is 27.2 Å². The number of rotatable bonds is 15. The van der Waals surface area contributed by atoms with Crippen LogP contribution in [0.1, 0.15) is 39.5 Å². The first-order valence-corrected chi connectivity index (χ1v) is 13.6. The maximum Gasteiger partial charge on any atom is 0.226 e. The lowest BCUT2D eigenvalue weighted by molar-refractivity contribution is -0.0723. The van der Waals surface area contributed by atoms with Gasteiger partial charge in [0.05, 0.1) is 44.1 Å². The highest BCUT2D eigenvalue weighted by Crippen LogP contribution is 2.37. The smallest absolute Gasteiger partial charge is 0.226 e. The van der Waals surface area contributed by atoms with E-state index in [0.717, 1.165) is 17.4 Å². The van der Waals surface area contributed by atoms with Gasteiger partial charge in [-0.2, -0.15) is 15.1 Å². The zero-order chi connectivity index (χ0) is 25.2. The molecule has 0 saturated carbocycles. The first-order valence-electron chi connectivity index (χ1n) is 11.8. The van der Waals surface area contributed by atoms with Crippen molar-refractivity contribution in [3.05, 3.63) is 47.4 Å². The Labute approximate surface area is 213 Å². The first-order chi connectivity index (χ1) is 16.9. The summed E-state index contributed by atoms with van der Waals surface area (Å²) in [4.78, 5) is 10.9. The van der Waals surface area contributed by atoms with E-state index < -0.39 is 8.38 Å². The third-order valence-electron chi connectivity index (χ3n) is 5.12. The Morgan fingerprint density at radius 2 is 1.80 bits per heavy atom. The maximum atomic E-state index is 6.30. The second kappa shape index (κ2) is 14.0. The van der Waals surface area contributed by atoms with E-state index in [4.69, 9.17) is 30.1 Å². The van der Waals surface area contributed by atoms with E-state index in [9.17, 15) is 0 Å². The number of benzene rings is 1. The molecule has 11 heteroatoms. The molecule has 2 unspecified atom stereocenters. The van der Waals surface area contributed by atoms with E-state index in [0.29, 0.717) is 38.6 Å². The minimum Gasteiger partial charge on any atom is -0.378 e. The third-order valence-corrected chi connectivity index (χ3v) is 6.93. The number of hydrogen-bond donors (Lipinski definition) is 0. The monoisotopic (exact) mass is 523 g/mol. The summed E-state index contributed by atoms with van der Waals surface area (Å²) in [7, 11) is 1.08. The number of hydrogen-bond acceptors (Lipinski definition) is 8. The fourth-order valence-corrected chi connectivity index (χ4v) is 5.00. The van der Waals surface area contributed by atoms with E-state index in [1.54, 1.807) is 10.9 Å². The highest BCUT2D eigenvalue weighted by Gasteiger charge is 2.20.